The van der Waals surface area contributed by atoms with Crippen LogP contribution < -0.4 is 19.3 Å². The fraction of sp³-hybridized carbons (Fsp3) is 0.359. The van der Waals surface area contributed by atoms with Crippen molar-refractivity contribution in [2.45, 2.75) is 67.6 Å². The number of pyridine rings is 2. The van der Waals surface area contributed by atoms with Gasteiger partial charge in [-0.15, -0.1) is 0 Å². The molecule has 0 spiro atoms. The molecule has 0 fully saturated rings. The number of carbonyl (C=O) groups is 2. The number of amides is 2. The summed E-state index contributed by atoms with van der Waals surface area (Å²) in [6.45, 7) is 12.7. The van der Waals surface area contributed by atoms with E-state index in [1.807, 2.05) is 102 Å². The summed E-state index contributed by atoms with van der Waals surface area (Å²) in [4.78, 5) is 41.1. The first-order chi connectivity index (χ1) is 23.3. The molecule has 2 amide bonds. The number of hydrogen-bond donors (Lipinski definition) is 0. The second-order valence-corrected chi connectivity index (χ2v) is 13.5. The third-order valence-electron chi connectivity index (χ3n) is 6.92. The second kappa shape index (κ2) is 17.2. The molecule has 0 bridgehead atoms. The van der Waals surface area contributed by atoms with Crippen LogP contribution in [-0.4, -0.2) is 65.4 Å². The van der Waals surface area contributed by atoms with Crippen molar-refractivity contribution in [2.24, 2.45) is 4.99 Å². The van der Waals surface area contributed by atoms with Crippen molar-refractivity contribution < 1.29 is 28.5 Å². The van der Waals surface area contributed by atoms with Crippen molar-refractivity contribution in [3.63, 3.8) is 0 Å². The van der Waals surface area contributed by atoms with Crippen LogP contribution in [0.4, 0.5) is 26.8 Å². The van der Waals surface area contributed by atoms with Gasteiger partial charge in [-0.05, 0) is 41.5 Å². The molecule has 12 heteroatoms. The van der Waals surface area contributed by atoms with Gasteiger partial charge in [0.15, 0.2) is 17.3 Å². The standard InChI is InChI=1S/C25H25N3O3.C12H15ClN2O3.2CH4/c1-25(2,3)31-24(29)28-14-15-30-21-17-26-22(16-20(21)28)27-23(18-10-6-4-7-11-18)19-12-8-5-9-13-19;1-12(2,3)18-11(16)15-4-5-17-9-7-14-10(13)6-8(9)15;;/h4-13,16-17H,14-15H2,1-3H3;6-7H,4-5H2,1-3H3;2*1H4. The summed E-state index contributed by atoms with van der Waals surface area (Å²) >= 11 is 5.83. The Morgan fingerprint density at radius 2 is 1.14 bits per heavy atom. The van der Waals surface area contributed by atoms with E-state index < -0.39 is 23.4 Å². The average Bonchev–Trinajstić information content (AvgIpc) is 3.06. The van der Waals surface area contributed by atoms with E-state index in [4.69, 9.17) is 35.5 Å². The van der Waals surface area contributed by atoms with Crippen molar-refractivity contribution in [2.75, 3.05) is 36.1 Å². The number of aliphatic imine (C=N–C) groups is 1. The number of fused-ring (bicyclic) bond motifs is 2. The van der Waals surface area contributed by atoms with Crippen LogP contribution in [-0.2, 0) is 9.47 Å². The molecule has 0 saturated heterocycles. The van der Waals surface area contributed by atoms with E-state index in [9.17, 15) is 9.59 Å². The van der Waals surface area contributed by atoms with Crippen molar-refractivity contribution in [3.8, 4) is 11.5 Å². The molecule has 4 heterocycles. The van der Waals surface area contributed by atoms with Crippen LogP contribution in [0.25, 0.3) is 0 Å². The van der Waals surface area contributed by atoms with Gasteiger partial charge < -0.3 is 18.9 Å². The van der Waals surface area contributed by atoms with Gasteiger partial charge in [0.25, 0.3) is 0 Å². The SMILES string of the molecule is C.C.CC(C)(C)OC(=O)N1CCOc2cnc(Cl)cc21.CC(C)(C)OC(=O)N1CCOc2cnc(N=C(c3ccccc3)c3ccccc3)cc21. The topological polar surface area (TPSA) is 116 Å². The number of nitrogens with zero attached hydrogens (tertiary/aromatic N) is 5. The highest BCUT2D eigenvalue weighted by Crippen LogP contribution is 2.35. The highest BCUT2D eigenvalue weighted by molar-refractivity contribution is 6.29. The van der Waals surface area contributed by atoms with Gasteiger partial charge in [-0.2, -0.15) is 0 Å². The van der Waals surface area contributed by atoms with Gasteiger partial charge in [0, 0.05) is 23.3 Å². The van der Waals surface area contributed by atoms with Crippen LogP contribution in [0, 0.1) is 0 Å². The Balaban J connectivity index is 0.000000302. The molecule has 0 N–H and O–H groups in total. The molecular weight excluding hydrogens is 670 g/mol. The van der Waals surface area contributed by atoms with E-state index in [2.05, 4.69) is 9.97 Å². The summed E-state index contributed by atoms with van der Waals surface area (Å²) in [5.41, 5.74) is 2.84. The first kappa shape index (κ1) is 40.3. The van der Waals surface area contributed by atoms with Gasteiger partial charge in [-0.3, -0.25) is 9.80 Å². The van der Waals surface area contributed by atoms with Crippen LogP contribution >= 0.6 is 11.6 Å². The van der Waals surface area contributed by atoms with Crippen molar-refractivity contribution in [3.05, 3.63) is 101 Å². The zero-order chi connectivity index (χ0) is 35.2. The van der Waals surface area contributed by atoms with Gasteiger partial charge >= 0.3 is 12.2 Å². The largest absolute Gasteiger partial charge is 0.488 e. The molecule has 6 rings (SSSR count). The number of anilines is 2. The monoisotopic (exact) mass is 717 g/mol. The number of rotatable bonds is 3. The molecule has 2 aromatic heterocycles. The first-order valence-electron chi connectivity index (χ1n) is 15.9. The van der Waals surface area contributed by atoms with Crippen molar-refractivity contribution in [1.29, 1.82) is 0 Å². The number of aromatic nitrogens is 2. The maximum atomic E-state index is 12.7. The van der Waals surface area contributed by atoms with Crippen LogP contribution in [0.5, 0.6) is 11.5 Å². The third-order valence-corrected chi connectivity index (χ3v) is 7.13. The Bertz CT molecular complexity index is 1770. The van der Waals surface area contributed by atoms with Crippen LogP contribution in [0.1, 0.15) is 67.5 Å². The van der Waals surface area contributed by atoms with Crippen molar-refractivity contribution >= 4 is 46.7 Å². The number of benzene rings is 2. The Morgan fingerprint density at radius 3 is 1.59 bits per heavy atom. The quantitative estimate of drug-likeness (QED) is 0.152. The molecule has 272 valence electrons. The Labute approximate surface area is 306 Å². The van der Waals surface area contributed by atoms with Gasteiger partial charge in [0.2, 0.25) is 0 Å². The van der Waals surface area contributed by atoms with E-state index in [0.717, 1.165) is 16.8 Å². The fourth-order valence-electron chi connectivity index (χ4n) is 4.89. The smallest absolute Gasteiger partial charge is 0.415 e. The van der Waals surface area contributed by atoms with Gasteiger partial charge in [0.05, 0.1) is 42.6 Å². The van der Waals surface area contributed by atoms with Gasteiger partial charge in [-0.25, -0.2) is 24.5 Å². The molecule has 0 unspecified atom stereocenters. The molecule has 0 atom stereocenters. The highest BCUT2D eigenvalue weighted by atomic mass is 35.5. The number of halogens is 1. The Hall–Kier alpha value is -5.16. The predicted molar refractivity (Wildman–Crippen MR) is 203 cm³/mol. The summed E-state index contributed by atoms with van der Waals surface area (Å²) < 4.78 is 22.0. The molecule has 4 aromatic rings. The molecule has 0 aliphatic carbocycles. The Morgan fingerprint density at radius 1 is 0.706 bits per heavy atom. The molecule has 51 heavy (non-hydrogen) atoms. The second-order valence-electron chi connectivity index (χ2n) is 13.1. The van der Waals surface area contributed by atoms with E-state index in [0.29, 0.717) is 60.1 Å². The minimum Gasteiger partial charge on any atom is -0.488 e. The number of hydrogen-bond acceptors (Lipinski definition) is 9. The molecule has 2 aliphatic heterocycles. The minimum atomic E-state index is -0.586. The van der Waals surface area contributed by atoms with E-state index in [-0.39, 0.29) is 14.9 Å². The minimum absolute atomic E-state index is 0. The maximum absolute atomic E-state index is 12.7. The lowest BCUT2D eigenvalue weighted by atomic mass is 10.0. The van der Waals surface area contributed by atoms with Crippen molar-refractivity contribution in [1.82, 2.24) is 9.97 Å². The zero-order valence-corrected chi connectivity index (χ0v) is 29.2. The summed E-state index contributed by atoms with van der Waals surface area (Å²) in [6, 6.07) is 23.3. The van der Waals surface area contributed by atoms with Crippen LogP contribution in [0.2, 0.25) is 5.15 Å². The van der Waals surface area contributed by atoms with E-state index in [1.165, 1.54) is 11.1 Å². The summed E-state index contributed by atoms with van der Waals surface area (Å²) in [5.74, 6) is 1.56. The molecule has 0 saturated carbocycles. The lowest BCUT2D eigenvalue weighted by molar-refractivity contribution is 0.0557. The summed E-state index contributed by atoms with van der Waals surface area (Å²) in [6.07, 6.45) is 2.30. The summed E-state index contributed by atoms with van der Waals surface area (Å²) in [7, 11) is 0. The third kappa shape index (κ3) is 10.9. The van der Waals surface area contributed by atoms with Crippen LogP contribution in [0.3, 0.4) is 0 Å². The fourth-order valence-corrected chi connectivity index (χ4v) is 5.04. The summed E-state index contributed by atoms with van der Waals surface area (Å²) in [5, 5.41) is 0.313. The van der Waals surface area contributed by atoms with E-state index >= 15 is 0 Å². The normalized spacial score (nSPS) is 13.2. The van der Waals surface area contributed by atoms with Gasteiger partial charge in [-0.1, -0.05) is 87.1 Å². The Kier molecular flexibility index (Phi) is 13.6. The van der Waals surface area contributed by atoms with Gasteiger partial charge in [0.1, 0.15) is 29.6 Å². The molecule has 0 radical (unpaired) electrons. The molecular formula is C39H48ClN5O6. The zero-order valence-electron chi connectivity index (χ0n) is 28.5. The lowest BCUT2D eigenvalue weighted by Gasteiger charge is -2.31. The number of ether oxygens (including phenoxy) is 4. The number of carbonyl (C=O) groups excluding carboxylic acids is 2. The molecule has 11 nitrogen and oxygen atoms in total. The molecule has 2 aliphatic rings. The maximum Gasteiger partial charge on any atom is 0.415 e. The predicted octanol–water partition coefficient (Wildman–Crippen LogP) is 9.53. The molecule has 2 aromatic carbocycles. The first-order valence-corrected chi connectivity index (χ1v) is 16.3. The van der Waals surface area contributed by atoms with E-state index in [1.54, 1.807) is 23.2 Å². The lowest BCUT2D eigenvalue weighted by Crippen LogP contribution is -2.41. The van der Waals surface area contributed by atoms with Crippen LogP contribution in [0.15, 0.2) is 90.2 Å². The average molecular weight is 718 g/mol. The highest BCUT2D eigenvalue weighted by Gasteiger charge is 2.30.